The van der Waals surface area contributed by atoms with Crippen LogP contribution in [-0.2, 0) is 4.79 Å². The molecule has 0 spiro atoms. The lowest BCUT2D eigenvalue weighted by Gasteiger charge is -2.14. The van der Waals surface area contributed by atoms with Gasteiger partial charge in [-0.2, -0.15) is 5.10 Å². The molecule has 0 saturated heterocycles. The second kappa shape index (κ2) is 11.0. The molecule has 164 valence electrons. The minimum atomic E-state index is -0.836. The third kappa shape index (κ3) is 6.47. The molecule has 1 atom stereocenters. The summed E-state index contributed by atoms with van der Waals surface area (Å²) in [5.74, 6) is -0.334. The highest BCUT2D eigenvalue weighted by atomic mass is 35.5. The maximum absolute atomic E-state index is 12.2. The van der Waals surface area contributed by atoms with Crippen molar-refractivity contribution in [3.8, 4) is 11.5 Å². The fourth-order valence-corrected chi connectivity index (χ4v) is 3.15. The molecule has 32 heavy (non-hydrogen) atoms. The molecule has 1 N–H and O–H groups in total. The number of carbonyl (C=O) groups is 2. The van der Waals surface area contributed by atoms with E-state index >= 15 is 0 Å². The second-order valence-corrected chi connectivity index (χ2v) is 7.76. The summed E-state index contributed by atoms with van der Waals surface area (Å²) in [5.41, 5.74) is 3.35. The van der Waals surface area contributed by atoms with E-state index < -0.39 is 18.0 Å². The Morgan fingerprint density at radius 3 is 2.38 bits per heavy atom. The SMILES string of the molecule is C[C@H](Oc1ccc(Cl)cc1Cl)C(=O)N/N=C\c1ccc(OC(=O)c2ccccc2Cl)cc1. The summed E-state index contributed by atoms with van der Waals surface area (Å²) < 4.78 is 10.8. The lowest BCUT2D eigenvalue weighted by atomic mass is 10.2. The van der Waals surface area contributed by atoms with Crippen LogP contribution < -0.4 is 14.9 Å². The average Bonchev–Trinajstić information content (AvgIpc) is 2.77. The fourth-order valence-electron chi connectivity index (χ4n) is 2.49. The summed E-state index contributed by atoms with van der Waals surface area (Å²) in [4.78, 5) is 24.4. The number of ether oxygens (including phenoxy) is 2. The molecular weight excluding hydrogens is 475 g/mol. The molecule has 0 aliphatic heterocycles. The molecule has 9 heteroatoms. The number of hydrazone groups is 1. The normalized spacial score (nSPS) is 11.8. The van der Waals surface area contributed by atoms with Gasteiger partial charge >= 0.3 is 5.97 Å². The first-order valence-electron chi connectivity index (χ1n) is 9.35. The van der Waals surface area contributed by atoms with E-state index in [1.165, 1.54) is 12.3 Å². The molecule has 0 bridgehead atoms. The van der Waals surface area contributed by atoms with Gasteiger partial charge in [-0.15, -0.1) is 0 Å². The predicted octanol–water partition coefficient (Wildman–Crippen LogP) is 5.78. The van der Waals surface area contributed by atoms with E-state index in [0.717, 1.165) is 0 Å². The molecule has 0 radical (unpaired) electrons. The first-order chi connectivity index (χ1) is 15.3. The quantitative estimate of drug-likeness (QED) is 0.197. The summed E-state index contributed by atoms with van der Waals surface area (Å²) in [7, 11) is 0. The Hall–Kier alpha value is -3.06. The smallest absolute Gasteiger partial charge is 0.345 e. The Labute approximate surface area is 199 Å². The van der Waals surface area contributed by atoms with Crippen LogP contribution in [0.1, 0.15) is 22.8 Å². The third-order valence-corrected chi connectivity index (χ3v) is 5.00. The topological polar surface area (TPSA) is 77.0 Å². The summed E-state index contributed by atoms with van der Waals surface area (Å²) in [5, 5.41) is 4.99. The van der Waals surface area contributed by atoms with Gasteiger partial charge in [0.25, 0.3) is 5.91 Å². The summed E-state index contributed by atoms with van der Waals surface area (Å²) >= 11 is 17.9. The minimum Gasteiger partial charge on any atom is -0.479 e. The highest BCUT2D eigenvalue weighted by Gasteiger charge is 2.16. The van der Waals surface area contributed by atoms with Gasteiger partial charge in [-0.25, -0.2) is 10.2 Å². The molecule has 0 unspecified atom stereocenters. The standard InChI is InChI=1S/C23H17Cl3N2O4/c1-14(31-21-11-8-16(24)12-20(21)26)22(29)28-27-13-15-6-9-17(10-7-15)32-23(30)18-4-2-3-5-19(18)25/h2-14H,1H3,(H,28,29)/b27-13-/t14-/m0/s1. The van der Waals surface area contributed by atoms with E-state index in [0.29, 0.717) is 32.1 Å². The van der Waals surface area contributed by atoms with Gasteiger partial charge in [0.05, 0.1) is 21.8 Å². The van der Waals surface area contributed by atoms with Gasteiger partial charge in [0.2, 0.25) is 0 Å². The molecule has 0 aliphatic carbocycles. The van der Waals surface area contributed by atoms with E-state index in [2.05, 4.69) is 10.5 Å². The molecule has 0 aromatic heterocycles. The molecule has 6 nitrogen and oxygen atoms in total. The predicted molar refractivity (Wildman–Crippen MR) is 125 cm³/mol. The van der Waals surface area contributed by atoms with Crippen LogP contribution in [0.15, 0.2) is 71.8 Å². The van der Waals surface area contributed by atoms with Crippen molar-refractivity contribution in [1.29, 1.82) is 0 Å². The molecule has 3 aromatic carbocycles. The van der Waals surface area contributed by atoms with Crippen LogP contribution in [0.3, 0.4) is 0 Å². The fraction of sp³-hybridized carbons (Fsp3) is 0.0870. The van der Waals surface area contributed by atoms with E-state index in [-0.39, 0.29) is 5.56 Å². The molecule has 0 saturated carbocycles. The summed E-state index contributed by atoms with van der Waals surface area (Å²) in [6.45, 7) is 1.57. The molecule has 1 amide bonds. The van der Waals surface area contributed by atoms with Crippen molar-refractivity contribution in [2.75, 3.05) is 0 Å². The van der Waals surface area contributed by atoms with Crippen molar-refractivity contribution < 1.29 is 19.1 Å². The Morgan fingerprint density at radius 1 is 0.969 bits per heavy atom. The highest BCUT2D eigenvalue weighted by molar-refractivity contribution is 6.35. The Kier molecular flexibility index (Phi) is 8.11. The van der Waals surface area contributed by atoms with Gasteiger partial charge in [0.15, 0.2) is 6.10 Å². The van der Waals surface area contributed by atoms with Crippen molar-refractivity contribution in [1.82, 2.24) is 5.43 Å². The Bertz CT molecular complexity index is 1150. The molecule has 3 aromatic rings. The first kappa shape index (κ1) is 23.6. The van der Waals surface area contributed by atoms with Crippen LogP contribution >= 0.6 is 34.8 Å². The average molecular weight is 492 g/mol. The zero-order valence-electron chi connectivity index (χ0n) is 16.7. The number of rotatable bonds is 7. The number of nitrogens with one attached hydrogen (secondary N) is 1. The van der Waals surface area contributed by atoms with Crippen LogP contribution in [0.5, 0.6) is 11.5 Å². The monoisotopic (exact) mass is 490 g/mol. The third-order valence-electron chi connectivity index (χ3n) is 4.14. The van der Waals surface area contributed by atoms with E-state index in [1.807, 2.05) is 0 Å². The number of halogens is 3. The zero-order chi connectivity index (χ0) is 23.1. The van der Waals surface area contributed by atoms with Gasteiger partial charge in [0, 0.05) is 5.02 Å². The second-order valence-electron chi connectivity index (χ2n) is 6.51. The van der Waals surface area contributed by atoms with Crippen molar-refractivity contribution in [3.63, 3.8) is 0 Å². The summed E-state index contributed by atoms with van der Waals surface area (Å²) in [6.07, 6.45) is 0.608. The molecule has 0 fully saturated rings. The van der Waals surface area contributed by atoms with E-state index in [1.54, 1.807) is 67.6 Å². The number of hydrogen-bond acceptors (Lipinski definition) is 5. The lowest BCUT2D eigenvalue weighted by Crippen LogP contribution is -2.33. The van der Waals surface area contributed by atoms with Gasteiger partial charge < -0.3 is 9.47 Å². The number of hydrogen-bond donors (Lipinski definition) is 1. The van der Waals surface area contributed by atoms with Gasteiger partial charge in [-0.05, 0) is 67.1 Å². The number of esters is 1. The zero-order valence-corrected chi connectivity index (χ0v) is 19.0. The first-order valence-corrected chi connectivity index (χ1v) is 10.5. The number of carbonyl (C=O) groups excluding carboxylic acids is 2. The van der Waals surface area contributed by atoms with Gasteiger partial charge in [-0.1, -0.05) is 46.9 Å². The van der Waals surface area contributed by atoms with Crippen LogP contribution in [0.2, 0.25) is 15.1 Å². The van der Waals surface area contributed by atoms with E-state index in [4.69, 9.17) is 44.3 Å². The number of benzene rings is 3. The minimum absolute atomic E-state index is 0.277. The maximum atomic E-state index is 12.2. The summed E-state index contributed by atoms with van der Waals surface area (Å²) in [6, 6.07) is 17.9. The lowest BCUT2D eigenvalue weighted by molar-refractivity contribution is -0.127. The number of amides is 1. The maximum Gasteiger partial charge on any atom is 0.345 e. The van der Waals surface area contributed by atoms with Gasteiger partial charge in [0.1, 0.15) is 11.5 Å². The molecular formula is C23H17Cl3N2O4. The van der Waals surface area contributed by atoms with Crippen molar-refractivity contribution in [2.24, 2.45) is 5.10 Å². The Morgan fingerprint density at radius 2 is 1.69 bits per heavy atom. The van der Waals surface area contributed by atoms with Crippen LogP contribution in [0, 0.1) is 0 Å². The van der Waals surface area contributed by atoms with Gasteiger partial charge in [-0.3, -0.25) is 4.79 Å². The van der Waals surface area contributed by atoms with Crippen molar-refractivity contribution >= 4 is 52.9 Å². The Balaban J connectivity index is 1.52. The molecule has 0 heterocycles. The molecule has 3 rings (SSSR count). The van der Waals surface area contributed by atoms with Crippen LogP contribution in [-0.4, -0.2) is 24.2 Å². The largest absolute Gasteiger partial charge is 0.479 e. The number of nitrogens with zero attached hydrogens (tertiary/aromatic N) is 1. The molecule has 0 aliphatic rings. The van der Waals surface area contributed by atoms with Crippen LogP contribution in [0.25, 0.3) is 0 Å². The van der Waals surface area contributed by atoms with Crippen molar-refractivity contribution in [2.45, 2.75) is 13.0 Å². The van der Waals surface area contributed by atoms with E-state index in [9.17, 15) is 9.59 Å². The van der Waals surface area contributed by atoms with Crippen molar-refractivity contribution in [3.05, 3.63) is 92.9 Å². The highest BCUT2D eigenvalue weighted by Crippen LogP contribution is 2.28. The van der Waals surface area contributed by atoms with Crippen LogP contribution in [0.4, 0.5) is 0 Å².